The van der Waals surface area contributed by atoms with Crippen molar-refractivity contribution in [3.8, 4) is 0 Å². The molecule has 0 fully saturated rings. The van der Waals surface area contributed by atoms with Gasteiger partial charge >= 0.3 is 26.2 Å². The maximum absolute atomic E-state index is 3.61. The van der Waals surface area contributed by atoms with Gasteiger partial charge in [0.1, 0.15) is 0 Å². The second kappa shape index (κ2) is 15.8. The number of fused-ring (bicyclic) bond motifs is 3. The van der Waals surface area contributed by atoms with E-state index >= 15 is 0 Å². The van der Waals surface area contributed by atoms with E-state index in [1.807, 2.05) is 0 Å². The molecule has 0 nitrogen and oxygen atoms in total. The molecule has 0 aliphatic heterocycles. The molecule has 0 heterocycles. The molecule has 6 rings (SSSR count). The van der Waals surface area contributed by atoms with Gasteiger partial charge in [0.25, 0.3) is 0 Å². The zero-order chi connectivity index (χ0) is 31.9. The van der Waals surface area contributed by atoms with Gasteiger partial charge in [-0.2, -0.15) is 11.6 Å². The zero-order valence-corrected chi connectivity index (χ0v) is 33.6. The monoisotopic (exact) mass is 736 g/mol. The van der Waals surface area contributed by atoms with Gasteiger partial charge in [0.05, 0.1) is 0 Å². The largest absolute Gasteiger partial charge is 4.00 e. The van der Waals surface area contributed by atoms with Crippen LogP contribution < -0.4 is 24.8 Å². The van der Waals surface area contributed by atoms with E-state index in [4.69, 9.17) is 0 Å². The smallest absolute Gasteiger partial charge is 1.00 e. The fraction of sp³-hybridized carbons (Fsp3) is 0.295. The summed E-state index contributed by atoms with van der Waals surface area (Å²) in [6, 6.07) is 37.5. The van der Waals surface area contributed by atoms with E-state index < -0.39 is 0 Å². The number of allylic oxidation sites excluding steroid dienone is 5. The minimum Gasteiger partial charge on any atom is -1.00 e. The Morgan fingerprint density at radius 1 is 0.553 bits per heavy atom. The van der Waals surface area contributed by atoms with Crippen LogP contribution in [0.4, 0.5) is 0 Å². The standard InChI is InChI=1S/C23H23.C21H25.2ClH.Zr/c1-17-15-20(21(16-17)23(2,3)4)22(18-11-7-5-8-12-18)19-13-9-6-10-14-19;1-20(2,3)16-7-9-18-14(12-16)11-15-13-17(21(4,5)6)8-10-19(15)18;;;/h5-14,16H,1-4H3;7-13H,1-6H3;2*1H;/q2*-1;;;+4/p-2. The van der Waals surface area contributed by atoms with Gasteiger partial charge in [0, 0.05) is 0 Å². The predicted molar refractivity (Wildman–Crippen MR) is 193 cm³/mol. The molecule has 47 heavy (non-hydrogen) atoms. The first-order valence-corrected chi connectivity index (χ1v) is 16.0. The van der Waals surface area contributed by atoms with Gasteiger partial charge < -0.3 is 24.8 Å². The SMILES string of the molecule is CC(C)(C)c1ccc2c(c1)[cH-]c1cc(C(C)(C)C)ccc12.CC1=[C-]C(=C(c2ccccc2)c2ccccc2)C(C(C)(C)C)=C1.[Cl-].[Cl-].[Zr+4]. The number of hydrogen-bond acceptors (Lipinski definition) is 0. The second-order valence-electron chi connectivity index (χ2n) is 15.3. The summed E-state index contributed by atoms with van der Waals surface area (Å²) in [5.41, 5.74) is 10.8. The number of hydrogen-bond donors (Lipinski definition) is 0. The summed E-state index contributed by atoms with van der Waals surface area (Å²) in [4.78, 5) is 0. The van der Waals surface area contributed by atoms with E-state index in [1.165, 1.54) is 66.1 Å². The molecule has 3 heteroatoms. The number of benzene rings is 4. The Labute approximate surface area is 315 Å². The third kappa shape index (κ3) is 9.32. The first-order chi connectivity index (χ1) is 20.6. The van der Waals surface area contributed by atoms with E-state index in [-0.39, 0.29) is 67.3 Å². The first-order valence-electron chi connectivity index (χ1n) is 16.0. The Morgan fingerprint density at radius 3 is 1.32 bits per heavy atom. The summed E-state index contributed by atoms with van der Waals surface area (Å²) < 4.78 is 0. The molecular weight excluding hydrogens is 691 g/mol. The van der Waals surface area contributed by atoms with Gasteiger partial charge in [-0.3, -0.25) is 0 Å². The van der Waals surface area contributed by atoms with E-state index in [9.17, 15) is 0 Å². The quantitative estimate of drug-likeness (QED) is 0.181. The molecular formula is C44H48Cl2Zr. The zero-order valence-electron chi connectivity index (χ0n) is 29.6. The molecule has 0 saturated heterocycles. The van der Waals surface area contributed by atoms with Crippen molar-refractivity contribution in [2.24, 2.45) is 5.41 Å². The van der Waals surface area contributed by atoms with Crippen molar-refractivity contribution in [3.05, 3.63) is 154 Å². The van der Waals surface area contributed by atoms with Crippen molar-refractivity contribution in [1.82, 2.24) is 0 Å². The van der Waals surface area contributed by atoms with Gasteiger partial charge in [-0.15, -0.1) is 57.0 Å². The van der Waals surface area contributed by atoms with Crippen LogP contribution in [0.3, 0.4) is 0 Å². The fourth-order valence-corrected chi connectivity index (χ4v) is 6.00. The summed E-state index contributed by atoms with van der Waals surface area (Å²) in [6.45, 7) is 22.6. The van der Waals surface area contributed by atoms with E-state index in [1.54, 1.807) is 0 Å². The predicted octanol–water partition coefficient (Wildman–Crippen LogP) is 6.54. The topological polar surface area (TPSA) is 0 Å². The van der Waals surface area contributed by atoms with Crippen molar-refractivity contribution in [2.45, 2.75) is 80.1 Å². The van der Waals surface area contributed by atoms with E-state index in [2.05, 4.69) is 185 Å². The van der Waals surface area contributed by atoms with Crippen molar-refractivity contribution in [1.29, 1.82) is 0 Å². The summed E-state index contributed by atoms with van der Waals surface area (Å²) in [5.74, 6) is 0. The molecule has 0 amide bonds. The van der Waals surface area contributed by atoms with Crippen molar-refractivity contribution in [2.75, 3.05) is 0 Å². The van der Waals surface area contributed by atoms with Crippen LogP contribution in [0, 0.1) is 11.5 Å². The molecule has 0 N–H and O–H groups in total. The Morgan fingerprint density at radius 2 is 0.957 bits per heavy atom. The van der Waals surface area contributed by atoms with Gasteiger partial charge in [-0.25, -0.2) is 0 Å². The molecule has 1 aliphatic rings. The van der Waals surface area contributed by atoms with Gasteiger partial charge in [0.15, 0.2) is 0 Å². The molecule has 1 aliphatic carbocycles. The third-order valence-corrected chi connectivity index (χ3v) is 8.57. The normalized spacial score (nSPS) is 13.0. The van der Waals surface area contributed by atoms with Crippen molar-refractivity contribution < 1.29 is 51.0 Å². The molecule has 0 atom stereocenters. The average Bonchev–Trinajstić information content (AvgIpc) is 3.53. The molecule has 0 unspecified atom stereocenters. The molecule has 5 aromatic rings. The molecule has 0 saturated carbocycles. The van der Waals surface area contributed by atoms with E-state index in [0.29, 0.717) is 0 Å². The van der Waals surface area contributed by atoms with Crippen LogP contribution in [0.5, 0.6) is 0 Å². The Bertz CT molecular complexity index is 1770. The van der Waals surface area contributed by atoms with Gasteiger partial charge in [0.2, 0.25) is 0 Å². The Kier molecular flexibility index (Phi) is 13.6. The fourth-order valence-electron chi connectivity index (χ4n) is 6.00. The minimum atomic E-state index is 0. The Balaban J connectivity index is 0.000000308. The number of halogens is 2. The summed E-state index contributed by atoms with van der Waals surface area (Å²) in [6.07, 6.45) is 5.89. The van der Waals surface area contributed by atoms with Crippen LogP contribution >= 0.6 is 0 Å². The molecule has 0 aromatic heterocycles. The van der Waals surface area contributed by atoms with Crippen LogP contribution in [-0.4, -0.2) is 0 Å². The molecule has 5 aromatic carbocycles. The molecule has 242 valence electrons. The summed E-state index contributed by atoms with van der Waals surface area (Å²) >= 11 is 0. The summed E-state index contributed by atoms with van der Waals surface area (Å²) in [5, 5.41) is 5.48. The second-order valence-corrected chi connectivity index (χ2v) is 15.3. The van der Waals surface area contributed by atoms with Crippen LogP contribution in [0.1, 0.15) is 91.5 Å². The summed E-state index contributed by atoms with van der Waals surface area (Å²) in [7, 11) is 0. The number of rotatable bonds is 2. The molecule has 0 spiro atoms. The maximum Gasteiger partial charge on any atom is 4.00 e. The average molecular weight is 739 g/mol. The van der Waals surface area contributed by atoms with Crippen LogP contribution in [0.25, 0.3) is 27.1 Å². The molecule has 0 radical (unpaired) electrons. The van der Waals surface area contributed by atoms with Gasteiger partial charge in [-0.1, -0.05) is 187 Å². The first kappa shape index (κ1) is 40.6. The Hall–Kier alpha value is -2.57. The maximum atomic E-state index is 3.61. The van der Waals surface area contributed by atoms with Crippen molar-refractivity contribution >= 4 is 27.1 Å². The minimum absolute atomic E-state index is 0. The van der Waals surface area contributed by atoms with Crippen LogP contribution in [0.15, 0.2) is 126 Å². The van der Waals surface area contributed by atoms with Crippen LogP contribution in [0.2, 0.25) is 0 Å². The van der Waals surface area contributed by atoms with Crippen LogP contribution in [-0.2, 0) is 37.0 Å². The van der Waals surface area contributed by atoms with E-state index in [0.717, 1.165) is 0 Å². The third-order valence-electron chi connectivity index (χ3n) is 8.57. The van der Waals surface area contributed by atoms with Crippen molar-refractivity contribution in [3.63, 3.8) is 0 Å². The van der Waals surface area contributed by atoms with Gasteiger partial charge in [-0.05, 0) is 10.8 Å². The molecule has 0 bridgehead atoms.